The fourth-order valence-electron chi connectivity index (χ4n) is 5.22. The number of hydrogen-bond acceptors (Lipinski definition) is 6. The molecular weight excluding hydrogens is 542 g/mol. The minimum atomic E-state index is -0.199. The first-order valence-electron chi connectivity index (χ1n) is 13.7. The highest BCUT2D eigenvalue weighted by molar-refractivity contribution is 7.10. The van der Waals surface area contributed by atoms with Gasteiger partial charge in [0.25, 0.3) is 5.91 Å². The molecule has 0 unspecified atom stereocenters. The van der Waals surface area contributed by atoms with Gasteiger partial charge in [-0.3, -0.25) is 4.79 Å². The number of phenols is 1. The van der Waals surface area contributed by atoms with Crippen LogP contribution < -0.4 is 0 Å². The molecule has 0 radical (unpaired) electrons. The van der Waals surface area contributed by atoms with Crippen LogP contribution >= 0.6 is 22.9 Å². The predicted molar refractivity (Wildman–Crippen MR) is 161 cm³/mol. The second-order valence-corrected chi connectivity index (χ2v) is 13.9. The molecule has 40 heavy (non-hydrogen) atoms. The number of likely N-dealkylation sites (tertiary alicyclic amines) is 1. The van der Waals surface area contributed by atoms with Crippen LogP contribution in [0.3, 0.4) is 0 Å². The molecule has 0 spiro atoms. The van der Waals surface area contributed by atoms with Crippen molar-refractivity contribution in [2.75, 3.05) is 13.1 Å². The zero-order valence-electron chi connectivity index (χ0n) is 23.9. The van der Waals surface area contributed by atoms with Gasteiger partial charge in [-0.15, -0.1) is 11.3 Å². The number of phenolic OH excluding ortho intramolecular Hbond substituents is 1. The van der Waals surface area contributed by atoms with Gasteiger partial charge < -0.3 is 14.4 Å². The van der Waals surface area contributed by atoms with Crippen molar-refractivity contribution in [1.82, 2.24) is 14.9 Å². The van der Waals surface area contributed by atoms with Crippen molar-refractivity contribution in [3.63, 3.8) is 0 Å². The van der Waals surface area contributed by atoms with Gasteiger partial charge in [-0.05, 0) is 60.1 Å². The molecule has 0 aliphatic carbocycles. The molecule has 0 atom stereocenters. The average Bonchev–Trinajstić information content (AvgIpc) is 3.58. The van der Waals surface area contributed by atoms with Crippen molar-refractivity contribution < 1.29 is 14.3 Å². The van der Waals surface area contributed by atoms with Crippen LogP contribution in [0.5, 0.6) is 5.75 Å². The first-order chi connectivity index (χ1) is 18.8. The summed E-state index contributed by atoms with van der Waals surface area (Å²) in [5.41, 5.74) is 4.53. The van der Waals surface area contributed by atoms with E-state index in [4.69, 9.17) is 21.0 Å². The van der Waals surface area contributed by atoms with Crippen LogP contribution in [-0.4, -0.2) is 39.0 Å². The molecule has 1 N–H and O–H groups in total. The number of oxazole rings is 1. The smallest absolute Gasteiger partial charge is 0.276 e. The summed E-state index contributed by atoms with van der Waals surface area (Å²) in [4.78, 5) is 24.5. The molecule has 8 heteroatoms. The number of hydrogen-bond donors (Lipinski definition) is 1. The van der Waals surface area contributed by atoms with Crippen LogP contribution in [0.2, 0.25) is 5.02 Å². The minimum Gasteiger partial charge on any atom is -0.507 e. The molecule has 0 bridgehead atoms. The number of carbonyl (C=O) groups excluding carboxylic acids is 1. The monoisotopic (exact) mass is 577 g/mol. The largest absolute Gasteiger partial charge is 0.507 e. The zero-order chi connectivity index (χ0) is 28.8. The van der Waals surface area contributed by atoms with E-state index in [0.29, 0.717) is 35.3 Å². The summed E-state index contributed by atoms with van der Waals surface area (Å²) in [5.74, 6) is 1.01. The minimum absolute atomic E-state index is 0.120. The first-order valence-corrected chi connectivity index (χ1v) is 14.9. The summed E-state index contributed by atoms with van der Waals surface area (Å²) < 4.78 is 5.58. The van der Waals surface area contributed by atoms with Crippen LogP contribution in [-0.2, 0) is 10.8 Å². The number of nitrogens with zero attached hydrogens (tertiary/aromatic N) is 3. The zero-order valence-corrected chi connectivity index (χ0v) is 25.5. The standard InChI is InChI=1S/C32H36ClN3O3S/c1-31(2,3)23-15-21(16-24(27(23)37)32(4,5)6)25-17-40-29(35-25)20-11-13-36(14-12-20)30(38)26-28(39-18-34-26)19-7-9-22(33)10-8-19/h7-10,15-18,20,37H,11-14H2,1-6H3. The van der Waals surface area contributed by atoms with E-state index < -0.39 is 0 Å². The molecule has 1 aliphatic rings. The van der Waals surface area contributed by atoms with Gasteiger partial charge >= 0.3 is 0 Å². The highest BCUT2D eigenvalue weighted by Gasteiger charge is 2.31. The lowest BCUT2D eigenvalue weighted by Crippen LogP contribution is -2.38. The second kappa shape index (κ2) is 10.7. The SMILES string of the molecule is CC(C)(C)c1cc(-c2csc(C3CCN(C(=O)c4ncoc4-c4ccc(Cl)cc4)CC3)n2)cc(C(C)(C)C)c1O. The highest BCUT2D eigenvalue weighted by Crippen LogP contribution is 2.43. The van der Waals surface area contributed by atoms with E-state index >= 15 is 0 Å². The summed E-state index contributed by atoms with van der Waals surface area (Å²) >= 11 is 7.69. The van der Waals surface area contributed by atoms with Gasteiger partial charge in [0.15, 0.2) is 17.8 Å². The molecule has 1 saturated heterocycles. The maximum Gasteiger partial charge on any atom is 0.276 e. The van der Waals surface area contributed by atoms with Crippen LogP contribution in [0.1, 0.15) is 86.9 Å². The van der Waals surface area contributed by atoms with Crippen molar-refractivity contribution in [3.05, 3.63) is 75.0 Å². The van der Waals surface area contributed by atoms with Gasteiger partial charge in [0.05, 0.1) is 10.7 Å². The lowest BCUT2D eigenvalue weighted by Gasteiger charge is -2.30. The van der Waals surface area contributed by atoms with Crippen molar-refractivity contribution in [1.29, 1.82) is 0 Å². The third-order valence-electron chi connectivity index (χ3n) is 7.55. The van der Waals surface area contributed by atoms with E-state index in [9.17, 15) is 9.90 Å². The maximum atomic E-state index is 13.4. The molecule has 4 aromatic rings. The molecular formula is C32H36ClN3O3S. The van der Waals surface area contributed by atoms with Crippen LogP contribution in [0.4, 0.5) is 0 Å². The van der Waals surface area contributed by atoms with E-state index in [1.54, 1.807) is 23.5 Å². The lowest BCUT2D eigenvalue weighted by molar-refractivity contribution is 0.0708. The van der Waals surface area contributed by atoms with Gasteiger partial charge in [0.1, 0.15) is 5.75 Å². The molecule has 0 saturated carbocycles. The average molecular weight is 578 g/mol. The molecule has 210 valence electrons. The molecule has 1 amide bonds. The number of rotatable bonds is 4. The molecule has 1 fully saturated rings. The van der Waals surface area contributed by atoms with Crippen molar-refractivity contribution in [2.24, 2.45) is 0 Å². The fourth-order valence-corrected chi connectivity index (χ4v) is 6.34. The van der Waals surface area contributed by atoms with E-state index in [1.165, 1.54) is 6.39 Å². The summed E-state index contributed by atoms with van der Waals surface area (Å²) in [6.07, 6.45) is 2.99. The third kappa shape index (κ3) is 5.68. The molecule has 6 nitrogen and oxygen atoms in total. The Bertz CT molecular complexity index is 1480. The lowest BCUT2D eigenvalue weighted by atomic mass is 9.78. The van der Waals surface area contributed by atoms with Gasteiger partial charge in [-0.1, -0.05) is 53.1 Å². The summed E-state index contributed by atoms with van der Waals surface area (Å²) in [7, 11) is 0. The first kappa shape index (κ1) is 28.4. The molecule has 2 aromatic heterocycles. The van der Waals surface area contributed by atoms with Crippen LogP contribution in [0, 0.1) is 0 Å². The topological polar surface area (TPSA) is 79.5 Å². The number of carbonyl (C=O) groups is 1. The Morgan fingerprint density at radius 3 is 2.17 bits per heavy atom. The van der Waals surface area contributed by atoms with E-state index in [2.05, 4.69) is 64.0 Å². The van der Waals surface area contributed by atoms with Crippen molar-refractivity contribution in [2.45, 2.75) is 71.1 Å². The summed E-state index contributed by atoms with van der Waals surface area (Å²) in [6.45, 7) is 14.0. The third-order valence-corrected chi connectivity index (χ3v) is 8.81. The fraction of sp³-hybridized carbons (Fsp3) is 0.406. The number of thiazole rings is 1. The molecule has 5 rings (SSSR count). The Labute approximate surface area is 245 Å². The Morgan fingerprint density at radius 2 is 1.60 bits per heavy atom. The van der Waals surface area contributed by atoms with Crippen LogP contribution in [0.25, 0.3) is 22.6 Å². The second-order valence-electron chi connectivity index (χ2n) is 12.6. The van der Waals surface area contributed by atoms with Gasteiger partial charge in [0, 0.05) is 51.7 Å². The number of aromatic nitrogens is 2. The van der Waals surface area contributed by atoms with Crippen molar-refractivity contribution in [3.8, 4) is 28.3 Å². The van der Waals surface area contributed by atoms with E-state index in [1.807, 2.05) is 17.0 Å². The quantitative estimate of drug-likeness (QED) is 0.263. The molecule has 3 heterocycles. The predicted octanol–water partition coefficient (Wildman–Crippen LogP) is 8.44. The molecule has 2 aromatic carbocycles. The number of benzene rings is 2. The molecule has 1 aliphatic heterocycles. The van der Waals surface area contributed by atoms with E-state index in [-0.39, 0.29) is 22.7 Å². The number of aromatic hydroxyl groups is 1. The van der Waals surface area contributed by atoms with Crippen molar-refractivity contribution >= 4 is 28.8 Å². The Hall–Kier alpha value is -3.16. The Kier molecular flexibility index (Phi) is 7.57. The maximum absolute atomic E-state index is 13.4. The summed E-state index contributed by atoms with van der Waals surface area (Å²) in [6, 6.07) is 11.4. The number of halogens is 1. The Balaban J connectivity index is 1.32. The van der Waals surface area contributed by atoms with Crippen LogP contribution in [0.15, 0.2) is 52.6 Å². The van der Waals surface area contributed by atoms with Gasteiger partial charge in [-0.2, -0.15) is 0 Å². The van der Waals surface area contributed by atoms with Gasteiger partial charge in [-0.25, -0.2) is 9.97 Å². The number of piperidine rings is 1. The van der Waals surface area contributed by atoms with Gasteiger partial charge in [0.2, 0.25) is 0 Å². The van der Waals surface area contributed by atoms with E-state index in [0.717, 1.165) is 45.8 Å². The Morgan fingerprint density at radius 1 is 1.00 bits per heavy atom. The highest BCUT2D eigenvalue weighted by atomic mass is 35.5. The summed E-state index contributed by atoms with van der Waals surface area (Å²) in [5, 5.41) is 14.9. The number of amides is 1. The normalized spacial score (nSPS) is 15.0.